The van der Waals surface area contributed by atoms with Crippen LogP contribution in [0.3, 0.4) is 0 Å². The number of amides is 1. The van der Waals surface area contributed by atoms with Crippen molar-refractivity contribution in [3.63, 3.8) is 0 Å². The number of Topliss-reactive ketones (excluding diaryl/α,β-unsaturated/α-hetero) is 1. The number of benzene rings is 2. The maximum atomic E-state index is 13.4. The average Bonchev–Trinajstić information content (AvgIpc) is 3.56. The number of ether oxygens (including phenoxy) is 1. The molecule has 8 heteroatoms. The maximum Gasteiger partial charge on any atom is 0.296 e. The number of carbonyl (C=O) groups is 2. The number of hydrogen-bond donors (Lipinski definition) is 1. The number of fused-ring (bicyclic) bond motifs is 1. The number of aromatic nitrogens is 1. The van der Waals surface area contributed by atoms with Crippen molar-refractivity contribution in [3.8, 4) is 5.75 Å². The molecule has 2 aromatic heterocycles. The zero-order chi connectivity index (χ0) is 23.8. The first-order chi connectivity index (χ1) is 16.5. The Labute approximate surface area is 204 Å². The Kier molecular flexibility index (Phi) is 5.93. The van der Waals surface area contributed by atoms with Gasteiger partial charge >= 0.3 is 0 Å². The van der Waals surface area contributed by atoms with E-state index in [0.717, 1.165) is 22.2 Å². The van der Waals surface area contributed by atoms with E-state index < -0.39 is 17.7 Å². The summed E-state index contributed by atoms with van der Waals surface area (Å²) in [6.45, 7) is 4.63. The van der Waals surface area contributed by atoms with E-state index >= 15 is 0 Å². The Morgan fingerprint density at radius 2 is 1.97 bits per heavy atom. The molecule has 0 radical (unpaired) electrons. The van der Waals surface area contributed by atoms with Crippen molar-refractivity contribution in [2.75, 3.05) is 11.5 Å². The second-order valence-corrected chi connectivity index (χ2v) is 9.99. The lowest BCUT2D eigenvalue weighted by molar-refractivity contribution is -0.117. The number of thiazole rings is 1. The number of carbonyl (C=O) groups excluding carboxylic acids is 2. The van der Waals surface area contributed by atoms with Crippen LogP contribution in [0.5, 0.6) is 5.75 Å². The molecule has 1 aliphatic heterocycles. The molecule has 2 aromatic carbocycles. The van der Waals surface area contributed by atoms with Crippen LogP contribution in [0.1, 0.15) is 40.2 Å². The Hall–Kier alpha value is -3.49. The van der Waals surface area contributed by atoms with Crippen molar-refractivity contribution in [2.45, 2.75) is 26.3 Å². The van der Waals surface area contributed by atoms with Gasteiger partial charge in [0.2, 0.25) is 5.78 Å². The minimum absolute atomic E-state index is 0.0603. The predicted octanol–water partition coefficient (Wildman–Crippen LogP) is 6.24. The third-order valence-electron chi connectivity index (χ3n) is 5.61. The number of aliphatic hydroxyl groups is 1. The summed E-state index contributed by atoms with van der Waals surface area (Å²) in [7, 11) is 0. The van der Waals surface area contributed by atoms with Crippen molar-refractivity contribution in [1.29, 1.82) is 0 Å². The molecule has 6 nitrogen and oxygen atoms in total. The van der Waals surface area contributed by atoms with Crippen LogP contribution in [-0.4, -0.2) is 28.4 Å². The summed E-state index contributed by atoms with van der Waals surface area (Å²) >= 11 is 2.64. The van der Waals surface area contributed by atoms with Gasteiger partial charge in [0.25, 0.3) is 5.91 Å². The van der Waals surface area contributed by atoms with Gasteiger partial charge in [-0.25, -0.2) is 4.98 Å². The number of hydrogen-bond acceptors (Lipinski definition) is 7. The normalized spacial score (nSPS) is 16.0. The van der Waals surface area contributed by atoms with Gasteiger partial charge in [0.1, 0.15) is 5.75 Å². The molecule has 1 unspecified atom stereocenters. The summed E-state index contributed by atoms with van der Waals surface area (Å²) in [6.07, 6.45) is 0.889. The molecule has 1 N–H and O–H groups in total. The van der Waals surface area contributed by atoms with E-state index in [4.69, 9.17) is 4.74 Å². The zero-order valence-corrected chi connectivity index (χ0v) is 20.3. The van der Waals surface area contributed by atoms with Crippen LogP contribution in [0.15, 0.2) is 71.3 Å². The fourth-order valence-electron chi connectivity index (χ4n) is 3.98. The summed E-state index contributed by atoms with van der Waals surface area (Å²) < 4.78 is 6.63. The summed E-state index contributed by atoms with van der Waals surface area (Å²) in [5.41, 5.74) is 2.60. The van der Waals surface area contributed by atoms with Gasteiger partial charge < -0.3 is 9.84 Å². The highest BCUT2D eigenvalue weighted by Gasteiger charge is 2.46. The molecule has 0 spiro atoms. The van der Waals surface area contributed by atoms with Crippen LogP contribution in [0.2, 0.25) is 0 Å². The van der Waals surface area contributed by atoms with E-state index in [1.54, 1.807) is 17.5 Å². The van der Waals surface area contributed by atoms with Crippen LogP contribution in [0.4, 0.5) is 5.13 Å². The molecule has 0 saturated carbocycles. The molecule has 0 fully saturated rings. The Balaban J connectivity index is 1.62. The quantitative estimate of drug-likeness (QED) is 0.310. The largest absolute Gasteiger partial charge is 0.503 e. The van der Waals surface area contributed by atoms with Gasteiger partial charge in [-0.2, -0.15) is 0 Å². The lowest BCUT2D eigenvalue weighted by Crippen LogP contribution is -2.30. The van der Waals surface area contributed by atoms with Gasteiger partial charge in [-0.1, -0.05) is 42.5 Å². The predicted molar refractivity (Wildman–Crippen MR) is 135 cm³/mol. The average molecular weight is 491 g/mol. The van der Waals surface area contributed by atoms with E-state index in [1.807, 2.05) is 56.3 Å². The number of ketones is 1. The van der Waals surface area contributed by atoms with Crippen molar-refractivity contribution in [2.24, 2.45) is 0 Å². The van der Waals surface area contributed by atoms with Gasteiger partial charge in [0, 0.05) is 0 Å². The van der Waals surface area contributed by atoms with Crippen LogP contribution >= 0.6 is 22.7 Å². The van der Waals surface area contributed by atoms with Gasteiger partial charge in [-0.05, 0) is 60.2 Å². The van der Waals surface area contributed by atoms with E-state index in [9.17, 15) is 14.7 Å². The maximum absolute atomic E-state index is 13.4. The fourth-order valence-corrected chi connectivity index (χ4v) is 5.75. The van der Waals surface area contributed by atoms with Gasteiger partial charge in [-0.15, -0.1) is 11.3 Å². The molecular formula is C26H22N2O4S2. The summed E-state index contributed by atoms with van der Waals surface area (Å²) in [6, 6.07) is 15.8. The summed E-state index contributed by atoms with van der Waals surface area (Å²) in [5.74, 6) is -0.829. The fraction of sp³-hybridized carbons (Fsp3) is 0.192. The second-order valence-electron chi connectivity index (χ2n) is 8.03. The molecule has 3 heterocycles. The third kappa shape index (κ3) is 3.89. The first-order valence-corrected chi connectivity index (χ1v) is 12.6. The first kappa shape index (κ1) is 22.3. The van der Waals surface area contributed by atoms with Gasteiger partial charge in [0.15, 0.2) is 10.9 Å². The molecule has 0 aliphatic carbocycles. The minimum Gasteiger partial charge on any atom is -0.503 e. The topological polar surface area (TPSA) is 79.7 Å². The van der Waals surface area contributed by atoms with E-state index in [0.29, 0.717) is 27.9 Å². The van der Waals surface area contributed by atoms with Crippen molar-refractivity contribution in [1.82, 2.24) is 4.98 Å². The van der Waals surface area contributed by atoms with Crippen LogP contribution in [-0.2, 0) is 4.79 Å². The molecular weight excluding hydrogens is 468 g/mol. The van der Waals surface area contributed by atoms with E-state index in [1.165, 1.54) is 27.6 Å². The highest BCUT2D eigenvalue weighted by Crippen LogP contribution is 2.44. The molecule has 0 bridgehead atoms. The summed E-state index contributed by atoms with van der Waals surface area (Å²) in [4.78, 5) is 33.3. The highest BCUT2D eigenvalue weighted by atomic mass is 32.1. The molecule has 0 saturated heterocycles. The van der Waals surface area contributed by atoms with Gasteiger partial charge in [-0.3, -0.25) is 14.5 Å². The number of aliphatic hydroxyl groups excluding tert-OH is 1. The first-order valence-electron chi connectivity index (χ1n) is 10.9. The van der Waals surface area contributed by atoms with E-state index in [-0.39, 0.29) is 11.4 Å². The lowest BCUT2D eigenvalue weighted by Gasteiger charge is -2.24. The number of nitrogens with zero attached hydrogens (tertiary/aromatic N) is 2. The van der Waals surface area contributed by atoms with Crippen molar-refractivity contribution in [3.05, 3.63) is 87.3 Å². The van der Waals surface area contributed by atoms with Crippen LogP contribution in [0.25, 0.3) is 10.2 Å². The van der Waals surface area contributed by atoms with Crippen molar-refractivity contribution >= 4 is 49.7 Å². The highest BCUT2D eigenvalue weighted by molar-refractivity contribution is 7.22. The molecule has 5 rings (SSSR count). The molecule has 1 aliphatic rings. The Morgan fingerprint density at radius 3 is 2.68 bits per heavy atom. The molecule has 34 heavy (non-hydrogen) atoms. The second kappa shape index (κ2) is 9.04. The Bertz CT molecular complexity index is 1400. The van der Waals surface area contributed by atoms with Crippen LogP contribution in [0, 0.1) is 6.92 Å². The SMILES string of the molecule is CCCOc1ccc(C2C(C(=O)c3cccs3)=C(O)C(=O)N2c2nc3ccc(C)cc3s2)cc1. The molecule has 172 valence electrons. The van der Waals surface area contributed by atoms with E-state index in [2.05, 4.69) is 4.98 Å². The minimum atomic E-state index is -0.802. The molecule has 1 atom stereocenters. The summed E-state index contributed by atoms with van der Waals surface area (Å²) in [5, 5.41) is 13.1. The standard InChI is InChI=1S/C26H22N2O4S2/c1-3-12-32-17-9-7-16(8-10-17)22-21(23(29)19-5-4-13-33-19)24(30)25(31)28(22)26-27-18-11-6-15(2)14-20(18)34-26/h4-11,13-14,22,30H,3,12H2,1-2H3. The lowest BCUT2D eigenvalue weighted by atomic mass is 9.95. The van der Waals surface area contributed by atoms with Crippen molar-refractivity contribution < 1.29 is 19.4 Å². The molecule has 4 aromatic rings. The third-order valence-corrected chi connectivity index (χ3v) is 7.49. The smallest absolute Gasteiger partial charge is 0.296 e. The van der Waals surface area contributed by atoms with Gasteiger partial charge in [0.05, 0.1) is 33.3 Å². The van der Waals surface area contributed by atoms with Crippen LogP contribution < -0.4 is 9.64 Å². The number of thiophene rings is 1. The Morgan fingerprint density at radius 1 is 1.18 bits per heavy atom. The zero-order valence-electron chi connectivity index (χ0n) is 18.6. The number of aryl methyl sites for hydroxylation is 1. The molecule has 1 amide bonds. The monoisotopic (exact) mass is 490 g/mol. The number of rotatable bonds is 7. The number of anilines is 1.